The molecule has 0 saturated heterocycles. The first-order valence-electron chi connectivity index (χ1n) is 6.11. The van der Waals surface area contributed by atoms with E-state index in [1.54, 1.807) is 4.57 Å². The van der Waals surface area contributed by atoms with Crippen LogP contribution in [0.2, 0.25) is 0 Å². The van der Waals surface area contributed by atoms with Crippen molar-refractivity contribution in [3.63, 3.8) is 0 Å². The quantitative estimate of drug-likeness (QED) is 0.898. The normalized spacial score (nSPS) is 11.0. The Bertz CT molecular complexity index is 846. The minimum atomic E-state index is -3.46. The summed E-state index contributed by atoms with van der Waals surface area (Å²) in [6.07, 6.45) is 2.91. The molecule has 0 radical (unpaired) electrons. The lowest BCUT2D eigenvalue weighted by atomic mass is 10.2. The summed E-state index contributed by atoms with van der Waals surface area (Å²) in [5.41, 5.74) is 5.68. The first-order valence-corrected chi connectivity index (χ1v) is 7.76. The van der Waals surface area contributed by atoms with Crippen molar-refractivity contribution in [2.45, 2.75) is 11.4 Å². The summed E-state index contributed by atoms with van der Waals surface area (Å²) in [6.45, 7) is 0.187. The molecule has 0 bridgehead atoms. The van der Waals surface area contributed by atoms with Gasteiger partial charge >= 0.3 is 0 Å². The number of hydrogen-bond donors (Lipinski definition) is 1. The number of hydrogen-bond acceptors (Lipinski definition) is 5. The molecule has 7 heteroatoms. The lowest BCUT2D eigenvalue weighted by Gasteiger charge is -2.08. The molecule has 0 amide bonds. The van der Waals surface area contributed by atoms with Crippen molar-refractivity contribution in [1.29, 1.82) is 5.26 Å². The van der Waals surface area contributed by atoms with Gasteiger partial charge in [0.2, 0.25) is 5.43 Å². The molecule has 1 aromatic heterocycles. The number of benzene rings is 1. The molecule has 0 aliphatic heterocycles. The fourth-order valence-corrected chi connectivity index (χ4v) is 3.00. The number of nitrogen functional groups attached to an aromatic ring is 1. The summed E-state index contributed by atoms with van der Waals surface area (Å²) in [5.74, 6) is -0.124. The lowest BCUT2D eigenvalue weighted by Crippen LogP contribution is -2.16. The van der Waals surface area contributed by atoms with Gasteiger partial charge in [0, 0.05) is 25.0 Å². The fourth-order valence-electron chi connectivity index (χ4n) is 1.76. The molecular formula is C14H13N3O3S. The summed E-state index contributed by atoms with van der Waals surface area (Å²) >= 11 is 0. The standard InChI is InChI=1S/C14H13N3O3S/c15-9-11-1-3-12(4-2-11)21(19,20)8-7-17-6-5-14(18)13(16)10-17/h1-6,10H,7-8,16H2. The Kier molecular flexibility index (Phi) is 4.10. The topological polar surface area (TPSA) is 106 Å². The number of nitrogens with two attached hydrogens (primary N) is 1. The number of anilines is 1. The molecule has 1 heterocycles. The van der Waals surface area contributed by atoms with Crippen LogP contribution in [0.3, 0.4) is 0 Å². The van der Waals surface area contributed by atoms with Gasteiger partial charge in [0.15, 0.2) is 9.84 Å². The molecule has 2 N–H and O–H groups in total. The van der Waals surface area contributed by atoms with Crippen LogP contribution in [0, 0.1) is 11.3 Å². The second-order valence-corrected chi connectivity index (χ2v) is 6.57. The number of aryl methyl sites for hydroxylation is 1. The number of pyridine rings is 1. The fraction of sp³-hybridized carbons (Fsp3) is 0.143. The largest absolute Gasteiger partial charge is 0.394 e. The van der Waals surface area contributed by atoms with Crippen LogP contribution in [0.1, 0.15) is 5.56 Å². The van der Waals surface area contributed by atoms with Gasteiger partial charge in [-0.2, -0.15) is 5.26 Å². The molecule has 21 heavy (non-hydrogen) atoms. The highest BCUT2D eigenvalue weighted by atomic mass is 32.2. The van der Waals surface area contributed by atoms with E-state index in [2.05, 4.69) is 0 Å². The van der Waals surface area contributed by atoms with Gasteiger partial charge in [-0.1, -0.05) is 0 Å². The summed E-state index contributed by atoms with van der Waals surface area (Å²) in [7, 11) is -3.46. The van der Waals surface area contributed by atoms with Gasteiger partial charge in [-0.25, -0.2) is 8.42 Å². The van der Waals surface area contributed by atoms with Crippen LogP contribution >= 0.6 is 0 Å². The van der Waals surface area contributed by atoms with E-state index >= 15 is 0 Å². The van der Waals surface area contributed by atoms with Crippen LogP contribution in [0.15, 0.2) is 52.4 Å². The molecule has 0 saturated carbocycles. The van der Waals surface area contributed by atoms with Gasteiger partial charge in [0.05, 0.1) is 28.0 Å². The molecule has 0 fully saturated rings. The molecule has 0 unspecified atom stereocenters. The maximum absolute atomic E-state index is 12.2. The Morgan fingerprint density at radius 3 is 2.43 bits per heavy atom. The molecule has 0 aliphatic rings. The highest BCUT2D eigenvalue weighted by Crippen LogP contribution is 2.12. The molecule has 1 aromatic carbocycles. The minimum Gasteiger partial charge on any atom is -0.394 e. The number of sulfone groups is 1. The van der Waals surface area contributed by atoms with Crippen molar-refractivity contribution in [2.24, 2.45) is 0 Å². The number of rotatable bonds is 4. The highest BCUT2D eigenvalue weighted by Gasteiger charge is 2.14. The van der Waals surface area contributed by atoms with E-state index < -0.39 is 9.84 Å². The van der Waals surface area contributed by atoms with Crippen LogP contribution < -0.4 is 11.2 Å². The van der Waals surface area contributed by atoms with Gasteiger partial charge in [-0.3, -0.25) is 4.79 Å². The third-order valence-electron chi connectivity index (χ3n) is 2.97. The van der Waals surface area contributed by atoms with E-state index in [1.807, 2.05) is 6.07 Å². The maximum atomic E-state index is 12.2. The first-order chi connectivity index (χ1) is 9.92. The number of nitriles is 1. The van der Waals surface area contributed by atoms with Gasteiger partial charge < -0.3 is 10.3 Å². The van der Waals surface area contributed by atoms with Crippen molar-refractivity contribution in [3.8, 4) is 6.07 Å². The summed E-state index contributed by atoms with van der Waals surface area (Å²) in [4.78, 5) is 11.3. The third kappa shape index (κ3) is 3.49. The average molecular weight is 303 g/mol. The van der Waals surface area contributed by atoms with E-state index in [0.29, 0.717) is 5.56 Å². The van der Waals surface area contributed by atoms with Crippen LogP contribution in [-0.4, -0.2) is 18.7 Å². The van der Waals surface area contributed by atoms with Gasteiger partial charge in [-0.15, -0.1) is 0 Å². The van der Waals surface area contributed by atoms with E-state index in [0.717, 1.165) is 0 Å². The van der Waals surface area contributed by atoms with Gasteiger partial charge in [0.25, 0.3) is 0 Å². The predicted octanol–water partition coefficient (Wildman–Crippen LogP) is 0.776. The second kappa shape index (κ2) is 5.81. The van der Waals surface area contributed by atoms with Crippen LogP contribution in [0.5, 0.6) is 0 Å². The molecule has 0 spiro atoms. The van der Waals surface area contributed by atoms with Crippen molar-refractivity contribution in [2.75, 3.05) is 11.5 Å². The lowest BCUT2D eigenvalue weighted by molar-refractivity contribution is 0.588. The van der Waals surface area contributed by atoms with Crippen molar-refractivity contribution in [1.82, 2.24) is 4.57 Å². The average Bonchev–Trinajstić information content (AvgIpc) is 2.48. The van der Waals surface area contributed by atoms with Crippen LogP contribution in [0.4, 0.5) is 5.69 Å². The van der Waals surface area contributed by atoms with E-state index in [1.165, 1.54) is 42.7 Å². The molecule has 2 rings (SSSR count). The minimum absolute atomic E-state index is 0.0771. The first kappa shape index (κ1) is 14.8. The number of aromatic nitrogens is 1. The van der Waals surface area contributed by atoms with Crippen LogP contribution in [0.25, 0.3) is 0 Å². The number of nitrogens with zero attached hydrogens (tertiary/aromatic N) is 2. The van der Waals surface area contributed by atoms with E-state index in [4.69, 9.17) is 11.0 Å². The molecule has 2 aromatic rings. The Morgan fingerprint density at radius 1 is 1.19 bits per heavy atom. The summed E-state index contributed by atoms with van der Waals surface area (Å²) < 4.78 is 25.9. The Labute approximate surface area is 122 Å². The van der Waals surface area contributed by atoms with E-state index in [9.17, 15) is 13.2 Å². The molecule has 108 valence electrons. The smallest absolute Gasteiger partial charge is 0.204 e. The Balaban J connectivity index is 2.15. The van der Waals surface area contributed by atoms with E-state index in [-0.39, 0.29) is 28.3 Å². The van der Waals surface area contributed by atoms with Gasteiger partial charge in [0.1, 0.15) is 0 Å². The van der Waals surface area contributed by atoms with Crippen molar-refractivity contribution >= 4 is 15.5 Å². The zero-order valence-electron chi connectivity index (χ0n) is 11.1. The third-order valence-corrected chi connectivity index (χ3v) is 4.68. The molecule has 6 nitrogen and oxygen atoms in total. The Morgan fingerprint density at radius 2 is 1.86 bits per heavy atom. The highest BCUT2D eigenvalue weighted by molar-refractivity contribution is 7.91. The SMILES string of the molecule is N#Cc1ccc(S(=O)(=O)CCn2ccc(=O)c(N)c2)cc1. The molecule has 0 atom stereocenters. The maximum Gasteiger partial charge on any atom is 0.204 e. The zero-order valence-corrected chi connectivity index (χ0v) is 11.9. The van der Waals surface area contributed by atoms with Crippen molar-refractivity contribution in [3.05, 3.63) is 58.5 Å². The van der Waals surface area contributed by atoms with Crippen molar-refractivity contribution < 1.29 is 8.42 Å². The summed E-state index contributed by atoms with van der Waals surface area (Å²) in [6, 6.07) is 8.97. The van der Waals surface area contributed by atoms with Crippen LogP contribution in [-0.2, 0) is 16.4 Å². The zero-order chi connectivity index (χ0) is 15.5. The molecule has 0 aliphatic carbocycles. The van der Waals surface area contributed by atoms with Gasteiger partial charge in [-0.05, 0) is 24.3 Å². The second-order valence-electron chi connectivity index (χ2n) is 4.46. The monoisotopic (exact) mass is 303 g/mol. The predicted molar refractivity (Wildman–Crippen MR) is 78.3 cm³/mol. The molecular weight excluding hydrogens is 290 g/mol. The summed E-state index contributed by atoms with van der Waals surface area (Å²) in [5, 5.41) is 8.69. The Hall–Kier alpha value is -2.59.